The Bertz CT molecular complexity index is 954. The van der Waals surface area contributed by atoms with Crippen LogP contribution in [0.5, 0.6) is 11.5 Å². The average Bonchev–Trinajstić information content (AvgIpc) is 3.40. The zero-order valence-electron chi connectivity index (χ0n) is 18.4. The van der Waals surface area contributed by atoms with Crippen molar-refractivity contribution in [1.29, 1.82) is 0 Å². The fraction of sp³-hybridized carbons (Fsp3) is 0.440. The molecule has 6 heteroatoms. The van der Waals surface area contributed by atoms with Crippen molar-refractivity contribution in [3.63, 3.8) is 0 Å². The predicted octanol–water partition coefficient (Wildman–Crippen LogP) is 3.74. The number of aryl methyl sites for hydroxylation is 1. The number of likely N-dealkylation sites (tertiary alicyclic amines) is 1. The molecule has 2 amide bonds. The van der Waals surface area contributed by atoms with Gasteiger partial charge in [-0.3, -0.25) is 9.59 Å². The standard InChI is InChI=1S/C25H30N2O4/c1-16(2)10-11-26-24(28)21-14-27(13-20(21)18-6-4-17(3)5-7-18)25(29)19-8-9-22-23(12-19)31-15-30-22/h4-9,12,16,20-21H,10-11,13-15H2,1-3H3,(H,26,28). The summed E-state index contributed by atoms with van der Waals surface area (Å²) in [6.45, 7) is 8.07. The van der Waals surface area contributed by atoms with E-state index in [0.717, 1.165) is 12.0 Å². The number of fused-ring (bicyclic) bond motifs is 1. The summed E-state index contributed by atoms with van der Waals surface area (Å²) in [6.07, 6.45) is 0.938. The minimum Gasteiger partial charge on any atom is -0.454 e. The van der Waals surface area contributed by atoms with E-state index in [-0.39, 0.29) is 30.4 Å². The van der Waals surface area contributed by atoms with Gasteiger partial charge in [0.15, 0.2) is 11.5 Å². The van der Waals surface area contributed by atoms with Crippen LogP contribution in [0.25, 0.3) is 0 Å². The smallest absolute Gasteiger partial charge is 0.254 e. The number of nitrogens with zero attached hydrogens (tertiary/aromatic N) is 1. The molecule has 1 fully saturated rings. The quantitative estimate of drug-likeness (QED) is 0.770. The molecule has 0 aliphatic carbocycles. The minimum atomic E-state index is -0.271. The number of hydrogen-bond acceptors (Lipinski definition) is 4. The molecular weight excluding hydrogens is 392 g/mol. The maximum atomic E-state index is 13.2. The third-order valence-electron chi connectivity index (χ3n) is 6.09. The number of ether oxygens (including phenoxy) is 2. The average molecular weight is 423 g/mol. The van der Waals surface area contributed by atoms with Crippen molar-refractivity contribution in [2.45, 2.75) is 33.1 Å². The summed E-state index contributed by atoms with van der Waals surface area (Å²) < 4.78 is 10.8. The Kier molecular flexibility index (Phi) is 6.16. The summed E-state index contributed by atoms with van der Waals surface area (Å²) in [5.74, 6) is 1.40. The van der Waals surface area contributed by atoms with E-state index in [0.29, 0.717) is 42.6 Å². The Morgan fingerprint density at radius 2 is 1.81 bits per heavy atom. The molecule has 0 radical (unpaired) electrons. The van der Waals surface area contributed by atoms with Gasteiger partial charge in [0.05, 0.1) is 5.92 Å². The molecule has 0 saturated carbocycles. The summed E-state index contributed by atoms with van der Waals surface area (Å²) in [5, 5.41) is 3.09. The monoisotopic (exact) mass is 422 g/mol. The molecule has 1 N–H and O–H groups in total. The van der Waals surface area contributed by atoms with Crippen LogP contribution in [0.2, 0.25) is 0 Å². The molecule has 164 valence electrons. The predicted molar refractivity (Wildman–Crippen MR) is 118 cm³/mol. The van der Waals surface area contributed by atoms with Crippen LogP contribution in [-0.2, 0) is 4.79 Å². The maximum absolute atomic E-state index is 13.2. The molecule has 0 spiro atoms. The molecule has 6 nitrogen and oxygen atoms in total. The summed E-state index contributed by atoms with van der Waals surface area (Å²) in [7, 11) is 0. The Hall–Kier alpha value is -3.02. The topological polar surface area (TPSA) is 67.9 Å². The molecule has 0 bridgehead atoms. The second-order valence-electron chi connectivity index (χ2n) is 8.88. The highest BCUT2D eigenvalue weighted by Crippen LogP contribution is 2.36. The van der Waals surface area contributed by atoms with Crippen LogP contribution >= 0.6 is 0 Å². The van der Waals surface area contributed by atoms with Crippen molar-refractivity contribution < 1.29 is 19.1 Å². The van der Waals surface area contributed by atoms with E-state index in [4.69, 9.17) is 9.47 Å². The number of rotatable bonds is 6. The lowest BCUT2D eigenvalue weighted by atomic mass is 9.88. The van der Waals surface area contributed by atoms with E-state index in [2.05, 4.69) is 43.4 Å². The van der Waals surface area contributed by atoms with Crippen LogP contribution in [0.1, 0.15) is 47.7 Å². The second-order valence-corrected chi connectivity index (χ2v) is 8.88. The number of amides is 2. The molecule has 2 aromatic rings. The van der Waals surface area contributed by atoms with Gasteiger partial charge in [-0.2, -0.15) is 0 Å². The van der Waals surface area contributed by atoms with Crippen LogP contribution in [0.4, 0.5) is 0 Å². The van der Waals surface area contributed by atoms with Gasteiger partial charge >= 0.3 is 0 Å². The van der Waals surface area contributed by atoms with E-state index in [9.17, 15) is 9.59 Å². The van der Waals surface area contributed by atoms with Gasteiger partial charge in [-0.15, -0.1) is 0 Å². The Balaban J connectivity index is 1.53. The van der Waals surface area contributed by atoms with Crippen LogP contribution in [0.15, 0.2) is 42.5 Å². The zero-order valence-corrected chi connectivity index (χ0v) is 18.4. The molecule has 4 rings (SSSR count). The van der Waals surface area contributed by atoms with Gasteiger partial charge in [0.1, 0.15) is 0 Å². The molecule has 31 heavy (non-hydrogen) atoms. The van der Waals surface area contributed by atoms with E-state index in [1.807, 2.05) is 6.92 Å². The van der Waals surface area contributed by atoms with Crippen LogP contribution < -0.4 is 14.8 Å². The van der Waals surface area contributed by atoms with Crippen molar-refractivity contribution >= 4 is 11.8 Å². The third kappa shape index (κ3) is 4.68. The summed E-state index contributed by atoms with van der Waals surface area (Å²) in [5.41, 5.74) is 2.82. The fourth-order valence-corrected chi connectivity index (χ4v) is 4.21. The number of carbonyl (C=O) groups excluding carboxylic acids is 2. The van der Waals surface area contributed by atoms with Crippen molar-refractivity contribution in [1.82, 2.24) is 10.2 Å². The second kappa shape index (κ2) is 9.00. The van der Waals surface area contributed by atoms with E-state index in [1.54, 1.807) is 23.1 Å². The number of carbonyl (C=O) groups is 2. The first kappa shape index (κ1) is 21.2. The van der Waals surface area contributed by atoms with Gasteiger partial charge in [0, 0.05) is 31.1 Å². The lowest BCUT2D eigenvalue weighted by Gasteiger charge is -2.18. The molecule has 1 saturated heterocycles. The summed E-state index contributed by atoms with van der Waals surface area (Å²) in [6, 6.07) is 13.5. The molecule has 2 heterocycles. The first-order valence-corrected chi connectivity index (χ1v) is 11.0. The largest absolute Gasteiger partial charge is 0.454 e. The first-order valence-electron chi connectivity index (χ1n) is 11.0. The normalized spacial score (nSPS) is 19.7. The Labute approximate surface area is 183 Å². The lowest BCUT2D eigenvalue weighted by molar-refractivity contribution is -0.124. The van der Waals surface area contributed by atoms with E-state index < -0.39 is 0 Å². The van der Waals surface area contributed by atoms with Gasteiger partial charge in [0.25, 0.3) is 5.91 Å². The third-order valence-corrected chi connectivity index (χ3v) is 6.09. The van der Waals surface area contributed by atoms with Crippen LogP contribution in [-0.4, -0.2) is 43.1 Å². The van der Waals surface area contributed by atoms with Crippen molar-refractivity contribution in [2.24, 2.45) is 11.8 Å². The number of hydrogen-bond donors (Lipinski definition) is 1. The maximum Gasteiger partial charge on any atom is 0.254 e. The zero-order chi connectivity index (χ0) is 22.0. The van der Waals surface area contributed by atoms with E-state index in [1.165, 1.54) is 5.56 Å². The first-order chi connectivity index (χ1) is 14.9. The summed E-state index contributed by atoms with van der Waals surface area (Å²) >= 11 is 0. The van der Waals surface area contributed by atoms with Crippen molar-refractivity contribution in [2.75, 3.05) is 26.4 Å². The van der Waals surface area contributed by atoms with Crippen molar-refractivity contribution in [3.8, 4) is 11.5 Å². The van der Waals surface area contributed by atoms with Crippen molar-refractivity contribution in [3.05, 3.63) is 59.2 Å². The molecule has 2 aliphatic rings. The van der Waals surface area contributed by atoms with Gasteiger partial charge in [-0.25, -0.2) is 0 Å². The molecule has 2 unspecified atom stereocenters. The lowest BCUT2D eigenvalue weighted by Crippen LogP contribution is -2.36. The highest BCUT2D eigenvalue weighted by molar-refractivity contribution is 5.96. The highest BCUT2D eigenvalue weighted by Gasteiger charge is 2.40. The van der Waals surface area contributed by atoms with Gasteiger partial charge in [-0.05, 0) is 43.0 Å². The van der Waals surface area contributed by atoms with Gasteiger partial charge in [0.2, 0.25) is 12.7 Å². The van der Waals surface area contributed by atoms with Crippen LogP contribution in [0.3, 0.4) is 0 Å². The Morgan fingerprint density at radius 1 is 1.06 bits per heavy atom. The van der Waals surface area contributed by atoms with Gasteiger partial charge < -0.3 is 19.7 Å². The summed E-state index contributed by atoms with van der Waals surface area (Å²) in [4.78, 5) is 28.1. The minimum absolute atomic E-state index is 0.0206. The molecule has 2 aromatic carbocycles. The van der Waals surface area contributed by atoms with Gasteiger partial charge in [-0.1, -0.05) is 43.7 Å². The number of benzene rings is 2. The van der Waals surface area contributed by atoms with E-state index >= 15 is 0 Å². The molecule has 2 aliphatic heterocycles. The number of nitrogens with one attached hydrogen (secondary N) is 1. The van der Waals surface area contributed by atoms with Crippen LogP contribution in [0, 0.1) is 18.8 Å². The fourth-order valence-electron chi connectivity index (χ4n) is 4.21. The molecular formula is C25H30N2O4. The molecule has 2 atom stereocenters. The SMILES string of the molecule is Cc1ccc(C2CN(C(=O)c3ccc4c(c3)OCO4)CC2C(=O)NCCC(C)C)cc1. The Morgan fingerprint density at radius 3 is 2.55 bits per heavy atom. The molecule has 0 aromatic heterocycles. The highest BCUT2D eigenvalue weighted by atomic mass is 16.7.